The van der Waals surface area contributed by atoms with E-state index in [0.29, 0.717) is 0 Å². The van der Waals surface area contributed by atoms with Gasteiger partial charge in [-0.2, -0.15) is 6.42 Å². The van der Waals surface area contributed by atoms with Crippen LogP contribution in [-0.4, -0.2) is 23.5 Å². The van der Waals surface area contributed by atoms with E-state index in [1.165, 1.54) is 12.8 Å². The van der Waals surface area contributed by atoms with Crippen molar-refractivity contribution in [2.75, 3.05) is 13.1 Å². The molecular formula is C10H15FKN. The summed E-state index contributed by atoms with van der Waals surface area (Å²) in [6.45, 7) is 5.95. The van der Waals surface area contributed by atoms with Gasteiger partial charge in [0, 0.05) is 6.54 Å². The Hall–Kier alpha value is 1.27. The average Bonchev–Trinajstić information content (AvgIpc) is 2.58. The molecule has 1 atom stereocenters. The number of nitrogens with zero attached hydrogens (tertiary/aromatic N) is 1. The third-order valence-corrected chi connectivity index (χ3v) is 3.31. The van der Waals surface area contributed by atoms with Gasteiger partial charge in [0.15, 0.2) is 0 Å². The maximum Gasteiger partial charge on any atom is 1.00 e. The van der Waals surface area contributed by atoms with Crippen molar-refractivity contribution in [2.24, 2.45) is 0 Å². The fourth-order valence-electron chi connectivity index (χ4n) is 2.61. The van der Waals surface area contributed by atoms with E-state index in [-0.39, 0.29) is 56.9 Å². The van der Waals surface area contributed by atoms with Gasteiger partial charge in [-0.1, -0.05) is 0 Å². The van der Waals surface area contributed by atoms with Crippen molar-refractivity contribution in [1.29, 1.82) is 0 Å². The van der Waals surface area contributed by atoms with Crippen LogP contribution in [0.1, 0.15) is 25.7 Å². The molecule has 0 aromatic rings. The molecule has 13 heavy (non-hydrogen) atoms. The third kappa shape index (κ3) is 2.11. The zero-order valence-corrected chi connectivity index (χ0v) is 11.5. The molecule has 0 bridgehead atoms. The second kappa shape index (κ2) is 4.86. The second-order valence-corrected chi connectivity index (χ2v) is 3.94. The number of rotatable bonds is 1. The molecule has 1 unspecified atom stereocenters. The fraction of sp³-hybridized carbons (Fsp3) is 0.700. The Bertz CT molecular complexity index is 217. The van der Waals surface area contributed by atoms with Gasteiger partial charge in [-0.3, -0.25) is 4.90 Å². The Kier molecular flexibility index (Phi) is 4.61. The molecule has 0 saturated carbocycles. The van der Waals surface area contributed by atoms with Crippen LogP contribution in [0.2, 0.25) is 0 Å². The summed E-state index contributed by atoms with van der Waals surface area (Å²) in [6, 6.07) is 0. The maximum absolute atomic E-state index is 12.3. The molecule has 0 aromatic carbocycles. The standard InChI is InChI=1S/C10H15FN.K/c1-2-10-4-3-5-12(10)8-9(6-10)7-11;/h7H,1-6,8H2;/q-1;+1/b9-7-;. The number of halogens is 1. The van der Waals surface area contributed by atoms with Gasteiger partial charge >= 0.3 is 51.4 Å². The Labute approximate surface area is 122 Å². The molecule has 3 heteroatoms. The first-order valence-electron chi connectivity index (χ1n) is 4.63. The first-order chi connectivity index (χ1) is 5.80. The number of hydrogen-bond donors (Lipinski definition) is 0. The van der Waals surface area contributed by atoms with Gasteiger partial charge in [0.05, 0.1) is 6.33 Å². The molecule has 2 saturated heterocycles. The van der Waals surface area contributed by atoms with E-state index < -0.39 is 0 Å². The zero-order valence-electron chi connectivity index (χ0n) is 8.35. The summed E-state index contributed by atoms with van der Waals surface area (Å²) in [6.07, 6.45) is 5.08. The van der Waals surface area contributed by atoms with E-state index in [9.17, 15) is 4.39 Å². The molecule has 0 spiro atoms. The van der Waals surface area contributed by atoms with E-state index in [0.717, 1.165) is 37.8 Å². The molecule has 2 fully saturated rings. The van der Waals surface area contributed by atoms with Crippen molar-refractivity contribution >= 4 is 0 Å². The normalized spacial score (nSPS) is 36.3. The Morgan fingerprint density at radius 3 is 2.92 bits per heavy atom. The molecule has 2 aliphatic rings. The van der Waals surface area contributed by atoms with Crippen molar-refractivity contribution < 1.29 is 55.8 Å². The Morgan fingerprint density at radius 1 is 1.62 bits per heavy atom. The van der Waals surface area contributed by atoms with Gasteiger partial charge in [0.25, 0.3) is 0 Å². The first kappa shape index (κ1) is 12.3. The molecule has 2 heterocycles. The van der Waals surface area contributed by atoms with Gasteiger partial charge in [-0.15, -0.1) is 0 Å². The van der Waals surface area contributed by atoms with Crippen LogP contribution in [0, 0.1) is 6.92 Å². The van der Waals surface area contributed by atoms with Gasteiger partial charge in [0.2, 0.25) is 0 Å². The molecule has 0 amide bonds. The molecule has 0 radical (unpaired) electrons. The van der Waals surface area contributed by atoms with E-state index in [2.05, 4.69) is 11.8 Å². The van der Waals surface area contributed by atoms with Crippen LogP contribution in [0.3, 0.4) is 0 Å². The monoisotopic (exact) mass is 207 g/mol. The van der Waals surface area contributed by atoms with Gasteiger partial charge in [-0.25, -0.2) is 4.39 Å². The zero-order chi connectivity index (χ0) is 8.60. The van der Waals surface area contributed by atoms with Gasteiger partial charge in [-0.05, 0) is 36.9 Å². The largest absolute Gasteiger partial charge is 1.00 e. The molecule has 2 aliphatic heterocycles. The molecule has 0 aliphatic carbocycles. The number of fused-ring (bicyclic) bond motifs is 1. The quantitative estimate of drug-likeness (QED) is 0.406. The summed E-state index contributed by atoms with van der Waals surface area (Å²) >= 11 is 0. The molecule has 68 valence electrons. The van der Waals surface area contributed by atoms with E-state index in [1.54, 1.807) is 0 Å². The minimum Gasteiger partial charge on any atom is -0.342 e. The van der Waals surface area contributed by atoms with Crippen LogP contribution in [0.25, 0.3) is 0 Å². The van der Waals surface area contributed by atoms with E-state index in [4.69, 9.17) is 0 Å². The third-order valence-electron chi connectivity index (χ3n) is 3.31. The predicted octanol–water partition coefficient (Wildman–Crippen LogP) is -0.694. The van der Waals surface area contributed by atoms with Crippen molar-refractivity contribution in [3.63, 3.8) is 0 Å². The van der Waals surface area contributed by atoms with Crippen LogP contribution >= 0.6 is 0 Å². The maximum atomic E-state index is 12.3. The Morgan fingerprint density at radius 2 is 2.38 bits per heavy atom. The van der Waals surface area contributed by atoms with Crippen molar-refractivity contribution in [3.05, 3.63) is 18.8 Å². The molecule has 1 nitrogen and oxygen atoms in total. The minimum atomic E-state index is 0. The summed E-state index contributed by atoms with van der Waals surface area (Å²) in [5.41, 5.74) is 1.19. The van der Waals surface area contributed by atoms with Gasteiger partial charge < -0.3 is 6.92 Å². The molecular weight excluding hydrogens is 192 g/mol. The topological polar surface area (TPSA) is 3.24 Å². The summed E-state index contributed by atoms with van der Waals surface area (Å²) in [7, 11) is 0. The van der Waals surface area contributed by atoms with E-state index in [1.807, 2.05) is 0 Å². The van der Waals surface area contributed by atoms with Crippen LogP contribution in [0.15, 0.2) is 11.9 Å². The van der Waals surface area contributed by atoms with Crippen molar-refractivity contribution in [2.45, 2.75) is 31.2 Å². The van der Waals surface area contributed by atoms with Crippen molar-refractivity contribution in [1.82, 2.24) is 4.90 Å². The summed E-state index contributed by atoms with van der Waals surface area (Å²) in [5, 5.41) is 0. The van der Waals surface area contributed by atoms with Crippen LogP contribution in [-0.2, 0) is 0 Å². The second-order valence-electron chi connectivity index (χ2n) is 3.94. The first-order valence-corrected chi connectivity index (χ1v) is 4.63. The fourth-order valence-corrected chi connectivity index (χ4v) is 2.61. The van der Waals surface area contributed by atoms with Gasteiger partial charge in [0.1, 0.15) is 0 Å². The number of hydrogen-bond acceptors (Lipinski definition) is 1. The van der Waals surface area contributed by atoms with Crippen LogP contribution in [0.5, 0.6) is 0 Å². The molecule has 0 N–H and O–H groups in total. The summed E-state index contributed by atoms with van der Waals surface area (Å²) in [4.78, 5) is 2.39. The van der Waals surface area contributed by atoms with Crippen LogP contribution < -0.4 is 51.4 Å². The van der Waals surface area contributed by atoms with E-state index >= 15 is 0 Å². The Balaban J connectivity index is 0.000000845. The average molecular weight is 207 g/mol. The molecule has 0 aromatic heterocycles. The predicted molar refractivity (Wildman–Crippen MR) is 47.3 cm³/mol. The molecule has 2 rings (SSSR count). The van der Waals surface area contributed by atoms with Crippen LogP contribution in [0.4, 0.5) is 4.39 Å². The minimum absolute atomic E-state index is 0. The summed E-state index contributed by atoms with van der Waals surface area (Å²) in [5.74, 6) is 0. The SMILES string of the molecule is [CH2-]CC12CCCN1C/C(=C\F)C2.[K+]. The van der Waals surface area contributed by atoms with Crippen molar-refractivity contribution in [3.8, 4) is 0 Å². The smallest absolute Gasteiger partial charge is 0.342 e. The summed E-state index contributed by atoms with van der Waals surface area (Å²) < 4.78 is 12.3.